The molecule has 0 amide bonds. The third kappa shape index (κ3) is 49.4. The number of hydrogen-bond donors (Lipinski definition) is 0. The first-order chi connectivity index (χ1) is 30.2. The molecule has 0 bridgehead atoms. The minimum absolute atomic E-state index is 0.0630. The van der Waals surface area contributed by atoms with E-state index >= 15 is 0 Å². The summed E-state index contributed by atoms with van der Waals surface area (Å²) < 4.78 is 16.8. The SMILES string of the molecule is CCCCCCCCCCCCCC(=O)O[C@@H](COC(=O)CCCCCCCCCCCCCCCCCCC(C)C)COC(=O)CCCCCCCCCCCCCC(C)C. The minimum Gasteiger partial charge on any atom is -0.462 e. The molecule has 0 fully saturated rings. The van der Waals surface area contributed by atoms with Gasteiger partial charge in [0.2, 0.25) is 0 Å². The van der Waals surface area contributed by atoms with Gasteiger partial charge in [0.05, 0.1) is 0 Å². The standard InChI is InChI=1S/C56H108O6/c1-6-7-8-9-10-11-19-28-33-38-43-48-56(59)62-53(50-61-55(58)47-42-37-32-27-23-18-21-25-30-35-40-45-52(4)5)49-60-54(57)46-41-36-31-26-22-17-15-13-12-14-16-20-24-29-34-39-44-51(2)3/h51-53H,6-50H2,1-5H3/t53-/m0/s1. The molecule has 0 aromatic carbocycles. The molecular weight excluding hydrogens is 769 g/mol. The van der Waals surface area contributed by atoms with E-state index in [2.05, 4.69) is 34.6 Å². The Hall–Kier alpha value is -1.59. The minimum atomic E-state index is -0.761. The molecule has 0 aliphatic rings. The predicted octanol–water partition coefficient (Wildman–Crippen LogP) is 18.1. The van der Waals surface area contributed by atoms with Crippen molar-refractivity contribution in [3.63, 3.8) is 0 Å². The molecule has 0 saturated carbocycles. The number of rotatable bonds is 50. The summed E-state index contributed by atoms with van der Waals surface area (Å²) in [4.78, 5) is 38.0. The molecule has 1 atom stereocenters. The van der Waals surface area contributed by atoms with Crippen LogP contribution in [0.1, 0.15) is 311 Å². The van der Waals surface area contributed by atoms with Crippen LogP contribution >= 0.6 is 0 Å². The molecule has 0 aliphatic carbocycles. The summed E-state index contributed by atoms with van der Waals surface area (Å²) in [5.74, 6) is 0.836. The van der Waals surface area contributed by atoms with Crippen LogP contribution in [0.2, 0.25) is 0 Å². The molecule has 0 aliphatic heterocycles. The molecule has 6 nitrogen and oxygen atoms in total. The van der Waals surface area contributed by atoms with Gasteiger partial charge in [-0.3, -0.25) is 14.4 Å². The van der Waals surface area contributed by atoms with E-state index < -0.39 is 6.10 Å². The van der Waals surface area contributed by atoms with Crippen LogP contribution in [0.25, 0.3) is 0 Å². The van der Waals surface area contributed by atoms with E-state index in [0.717, 1.165) is 69.6 Å². The van der Waals surface area contributed by atoms with Crippen molar-refractivity contribution in [2.24, 2.45) is 11.8 Å². The Kier molecular flexibility index (Phi) is 47.6. The van der Waals surface area contributed by atoms with Gasteiger partial charge >= 0.3 is 17.9 Å². The summed E-state index contributed by atoms with van der Waals surface area (Å²) in [5, 5.41) is 0. The molecule has 0 N–H and O–H groups in total. The summed E-state index contributed by atoms with van der Waals surface area (Å²) in [6, 6.07) is 0. The fourth-order valence-electron chi connectivity index (χ4n) is 8.52. The van der Waals surface area contributed by atoms with Gasteiger partial charge in [0.25, 0.3) is 0 Å². The lowest BCUT2D eigenvalue weighted by atomic mass is 10.0. The van der Waals surface area contributed by atoms with Crippen LogP contribution < -0.4 is 0 Å². The van der Waals surface area contributed by atoms with E-state index in [-0.39, 0.29) is 31.1 Å². The number of unbranched alkanes of at least 4 members (excludes halogenated alkanes) is 35. The van der Waals surface area contributed by atoms with Crippen molar-refractivity contribution >= 4 is 17.9 Å². The van der Waals surface area contributed by atoms with E-state index in [0.29, 0.717) is 19.3 Å². The molecule has 368 valence electrons. The van der Waals surface area contributed by atoms with Gasteiger partial charge in [-0.05, 0) is 31.1 Å². The Balaban J connectivity index is 4.24. The van der Waals surface area contributed by atoms with Crippen LogP contribution in [0, 0.1) is 11.8 Å². The largest absolute Gasteiger partial charge is 0.462 e. The van der Waals surface area contributed by atoms with Crippen LogP contribution in [0.5, 0.6) is 0 Å². The van der Waals surface area contributed by atoms with Crippen LogP contribution in [0.15, 0.2) is 0 Å². The maximum Gasteiger partial charge on any atom is 0.306 e. The van der Waals surface area contributed by atoms with E-state index in [1.165, 1.54) is 199 Å². The monoisotopic (exact) mass is 877 g/mol. The zero-order chi connectivity index (χ0) is 45.4. The van der Waals surface area contributed by atoms with Crippen molar-refractivity contribution in [1.82, 2.24) is 0 Å². The lowest BCUT2D eigenvalue weighted by molar-refractivity contribution is -0.167. The Morgan fingerprint density at radius 3 is 0.790 bits per heavy atom. The molecule has 0 rings (SSSR count). The van der Waals surface area contributed by atoms with Gasteiger partial charge in [-0.1, -0.05) is 272 Å². The van der Waals surface area contributed by atoms with E-state index in [1.54, 1.807) is 0 Å². The number of carbonyl (C=O) groups excluding carboxylic acids is 3. The number of hydrogen-bond acceptors (Lipinski definition) is 6. The zero-order valence-electron chi connectivity index (χ0n) is 42.5. The first kappa shape index (κ1) is 60.4. The van der Waals surface area contributed by atoms with Gasteiger partial charge in [0.15, 0.2) is 6.10 Å². The molecule has 0 aromatic heterocycles. The topological polar surface area (TPSA) is 78.9 Å². The first-order valence-corrected chi connectivity index (χ1v) is 27.7. The van der Waals surface area contributed by atoms with Crippen LogP contribution in [0.4, 0.5) is 0 Å². The predicted molar refractivity (Wildman–Crippen MR) is 266 cm³/mol. The molecule has 0 saturated heterocycles. The smallest absolute Gasteiger partial charge is 0.306 e. The average molecular weight is 877 g/mol. The summed E-state index contributed by atoms with van der Waals surface area (Å²) in [6.45, 7) is 11.4. The Morgan fingerprint density at radius 2 is 0.532 bits per heavy atom. The number of esters is 3. The summed E-state index contributed by atoms with van der Waals surface area (Å²) in [7, 11) is 0. The van der Waals surface area contributed by atoms with Crippen molar-refractivity contribution in [2.45, 2.75) is 317 Å². The fraction of sp³-hybridized carbons (Fsp3) is 0.946. The van der Waals surface area contributed by atoms with Crippen LogP contribution in [-0.2, 0) is 28.6 Å². The van der Waals surface area contributed by atoms with Gasteiger partial charge in [0, 0.05) is 19.3 Å². The average Bonchev–Trinajstić information content (AvgIpc) is 3.24. The summed E-state index contributed by atoms with van der Waals surface area (Å²) >= 11 is 0. The molecule has 0 unspecified atom stereocenters. The van der Waals surface area contributed by atoms with Gasteiger partial charge in [0.1, 0.15) is 13.2 Å². The Bertz CT molecular complexity index is 947. The van der Waals surface area contributed by atoms with Crippen LogP contribution in [0.3, 0.4) is 0 Å². The zero-order valence-corrected chi connectivity index (χ0v) is 42.5. The van der Waals surface area contributed by atoms with Gasteiger partial charge in [-0.25, -0.2) is 0 Å². The quantitative estimate of drug-likeness (QED) is 0.0344. The summed E-state index contributed by atoms with van der Waals surface area (Å²) in [6.07, 6.45) is 50.9. The molecule has 0 heterocycles. The molecule has 6 heteroatoms. The third-order valence-electron chi connectivity index (χ3n) is 12.7. The number of carbonyl (C=O) groups is 3. The fourth-order valence-corrected chi connectivity index (χ4v) is 8.52. The third-order valence-corrected chi connectivity index (χ3v) is 12.7. The van der Waals surface area contributed by atoms with Crippen molar-refractivity contribution < 1.29 is 28.6 Å². The lowest BCUT2D eigenvalue weighted by Crippen LogP contribution is -2.30. The molecule has 0 radical (unpaired) electrons. The van der Waals surface area contributed by atoms with Crippen molar-refractivity contribution in [1.29, 1.82) is 0 Å². The normalized spacial score (nSPS) is 12.0. The van der Waals surface area contributed by atoms with Gasteiger partial charge in [-0.15, -0.1) is 0 Å². The second-order valence-electron chi connectivity index (χ2n) is 20.2. The van der Waals surface area contributed by atoms with E-state index in [9.17, 15) is 14.4 Å². The maximum atomic E-state index is 12.8. The second kappa shape index (κ2) is 48.9. The molecular formula is C56H108O6. The molecule has 62 heavy (non-hydrogen) atoms. The van der Waals surface area contributed by atoms with Crippen LogP contribution in [-0.4, -0.2) is 37.2 Å². The van der Waals surface area contributed by atoms with Crippen molar-refractivity contribution in [3.05, 3.63) is 0 Å². The summed E-state index contributed by atoms with van der Waals surface area (Å²) in [5.41, 5.74) is 0. The Labute approximate surface area is 387 Å². The highest BCUT2D eigenvalue weighted by Gasteiger charge is 2.19. The maximum absolute atomic E-state index is 12.8. The van der Waals surface area contributed by atoms with E-state index in [4.69, 9.17) is 14.2 Å². The lowest BCUT2D eigenvalue weighted by Gasteiger charge is -2.18. The Morgan fingerprint density at radius 1 is 0.306 bits per heavy atom. The molecule has 0 aromatic rings. The number of ether oxygens (including phenoxy) is 3. The second-order valence-corrected chi connectivity index (χ2v) is 20.2. The van der Waals surface area contributed by atoms with Crippen molar-refractivity contribution in [3.8, 4) is 0 Å². The van der Waals surface area contributed by atoms with Crippen molar-refractivity contribution in [2.75, 3.05) is 13.2 Å². The highest BCUT2D eigenvalue weighted by Crippen LogP contribution is 2.18. The molecule has 0 spiro atoms. The first-order valence-electron chi connectivity index (χ1n) is 27.7. The highest BCUT2D eigenvalue weighted by atomic mass is 16.6. The van der Waals surface area contributed by atoms with Gasteiger partial charge < -0.3 is 14.2 Å². The van der Waals surface area contributed by atoms with Gasteiger partial charge in [-0.2, -0.15) is 0 Å². The van der Waals surface area contributed by atoms with E-state index in [1.807, 2.05) is 0 Å². The highest BCUT2D eigenvalue weighted by molar-refractivity contribution is 5.71.